The minimum Gasteiger partial charge on any atom is -0.478 e. The van der Waals surface area contributed by atoms with E-state index < -0.39 is 5.97 Å². The van der Waals surface area contributed by atoms with E-state index in [2.05, 4.69) is 0 Å². The van der Waals surface area contributed by atoms with Crippen LogP contribution in [0.3, 0.4) is 0 Å². The molecule has 8 heteroatoms. The summed E-state index contributed by atoms with van der Waals surface area (Å²) >= 11 is 0. The third-order valence-corrected chi connectivity index (χ3v) is 6.90. The van der Waals surface area contributed by atoms with Gasteiger partial charge in [-0.15, -0.1) is 0 Å². The quantitative estimate of drug-likeness (QED) is 0.235. The highest BCUT2D eigenvalue weighted by Crippen LogP contribution is 2.42. The molecule has 2 aliphatic rings. The van der Waals surface area contributed by atoms with Crippen molar-refractivity contribution in [2.75, 3.05) is 26.0 Å². The lowest BCUT2D eigenvalue weighted by Crippen LogP contribution is -2.27. The fourth-order valence-electron chi connectivity index (χ4n) is 4.97. The molecule has 3 aromatic carbocycles. The average Bonchev–Trinajstić information content (AvgIpc) is 2.92. The third kappa shape index (κ3) is 5.17. The minimum absolute atomic E-state index is 0.166. The Morgan fingerprint density at radius 2 is 1.59 bits per heavy atom. The second-order valence-corrected chi connectivity index (χ2v) is 9.86. The molecule has 1 heterocycles. The number of aromatic carboxylic acids is 1. The summed E-state index contributed by atoms with van der Waals surface area (Å²) in [6.45, 7) is 0.876. The standard InChI is InChI=1S/C31H28BN2O5/c1-33(2)21-12-13-24-28(15-21)39-29-16-27(35)20(18-34(3)17-19-8-4-7-11-26(19)32-38)14-25(29)30(24)22-9-5-6-10-23(22)31(36)37/h4-16,38H,17-18H2,1-3H3,(H,36,37). The van der Waals surface area contributed by atoms with Crippen LogP contribution in [0.15, 0.2) is 88.1 Å². The van der Waals surface area contributed by atoms with Gasteiger partial charge in [-0.3, -0.25) is 9.69 Å². The van der Waals surface area contributed by atoms with Crippen LogP contribution in [0.2, 0.25) is 0 Å². The number of hydrogen-bond donors (Lipinski definition) is 2. The lowest BCUT2D eigenvalue weighted by atomic mass is 9.84. The maximum atomic E-state index is 13.2. The number of hydrogen-bond acceptors (Lipinski definition) is 6. The van der Waals surface area contributed by atoms with Crippen LogP contribution in [0, 0.1) is 0 Å². The smallest absolute Gasteiger partial charge is 0.336 e. The van der Waals surface area contributed by atoms with Crippen molar-refractivity contribution in [3.63, 3.8) is 0 Å². The number of benzene rings is 4. The predicted octanol–water partition coefficient (Wildman–Crippen LogP) is 4.20. The normalized spacial score (nSPS) is 11.3. The molecule has 0 amide bonds. The molecule has 0 fully saturated rings. The van der Waals surface area contributed by atoms with Crippen LogP contribution in [-0.4, -0.2) is 49.6 Å². The molecule has 1 aliphatic carbocycles. The zero-order valence-electron chi connectivity index (χ0n) is 22.0. The van der Waals surface area contributed by atoms with Crippen LogP contribution in [0.5, 0.6) is 0 Å². The molecule has 0 unspecified atom stereocenters. The molecule has 0 saturated carbocycles. The van der Waals surface area contributed by atoms with E-state index in [1.807, 2.05) is 85.5 Å². The molecule has 2 N–H and O–H groups in total. The van der Waals surface area contributed by atoms with E-state index in [0.29, 0.717) is 46.7 Å². The van der Waals surface area contributed by atoms with Crippen LogP contribution in [-0.2, 0) is 13.1 Å². The number of fused-ring (bicyclic) bond motifs is 2. The molecule has 1 radical (unpaired) electrons. The molecule has 0 atom stereocenters. The van der Waals surface area contributed by atoms with Gasteiger partial charge in [0.1, 0.15) is 11.3 Å². The molecule has 5 rings (SSSR count). The van der Waals surface area contributed by atoms with Crippen molar-refractivity contribution in [2.24, 2.45) is 0 Å². The van der Waals surface area contributed by atoms with Gasteiger partial charge < -0.3 is 19.4 Å². The van der Waals surface area contributed by atoms with Gasteiger partial charge in [0.25, 0.3) is 0 Å². The number of carbonyl (C=O) groups is 1. The first-order valence-electron chi connectivity index (χ1n) is 12.5. The van der Waals surface area contributed by atoms with Crippen LogP contribution in [0.1, 0.15) is 21.5 Å². The maximum absolute atomic E-state index is 13.2. The van der Waals surface area contributed by atoms with Crippen molar-refractivity contribution in [1.82, 2.24) is 4.90 Å². The van der Waals surface area contributed by atoms with Gasteiger partial charge in [-0.25, -0.2) is 4.79 Å². The fraction of sp³-hybridized carbons (Fsp3) is 0.161. The zero-order chi connectivity index (χ0) is 27.7. The summed E-state index contributed by atoms with van der Waals surface area (Å²) < 4.78 is 6.25. The first-order chi connectivity index (χ1) is 18.8. The SMILES string of the molecule is CN(Cc1ccccc1[B]O)Cc1cc2c(-c3ccccc3C(=O)O)c3ccc(N(C)C)cc3oc-2cc1=O. The number of anilines is 1. The maximum Gasteiger partial charge on any atom is 0.336 e. The Balaban J connectivity index is 1.69. The Bertz CT molecular complexity index is 1710. The average molecular weight is 519 g/mol. The number of nitrogens with zero attached hydrogens (tertiary/aromatic N) is 2. The van der Waals surface area contributed by atoms with Crippen molar-refractivity contribution >= 4 is 35.6 Å². The van der Waals surface area contributed by atoms with Gasteiger partial charge in [0.15, 0.2) is 5.43 Å². The summed E-state index contributed by atoms with van der Waals surface area (Å²) in [6.07, 6.45) is 0. The Labute approximate surface area is 227 Å². The second kappa shape index (κ2) is 10.8. The lowest BCUT2D eigenvalue weighted by Gasteiger charge is -2.21. The van der Waals surface area contributed by atoms with E-state index in [1.165, 1.54) is 6.07 Å². The molecular weight excluding hydrogens is 491 g/mol. The summed E-state index contributed by atoms with van der Waals surface area (Å²) in [5, 5.41) is 20.3. The van der Waals surface area contributed by atoms with Gasteiger partial charge in [-0.1, -0.05) is 42.5 Å². The fourth-order valence-corrected chi connectivity index (χ4v) is 4.97. The first-order valence-corrected chi connectivity index (χ1v) is 12.5. The van der Waals surface area contributed by atoms with E-state index >= 15 is 0 Å². The minimum atomic E-state index is -1.03. The Hall–Kier alpha value is -4.40. The van der Waals surface area contributed by atoms with Gasteiger partial charge in [-0.2, -0.15) is 0 Å². The largest absolute Gasteiger partial charge is 0.478 e. The number of carboxylic acid groups (broad SMARTS) is 1. The molecule has 0 bridgehead atoms. The van der Waals surface area contributed by atoms with Crippen LogP contribution < -0.4 is 15.8 Å². The summed E-state index contributed by atoms with van der Waals surface area (Å²) in [4.78, 5) is 29.4. The topological polar surface area (TPSA) is 94.2 Å². The number of carboxylic acids is 1. The Kier molecular flexibility index (Phi) is 7.24. The van der Waals surface area contributed by atoms with E-state index in [4.69, 9.17) is 4.42 Å². The summed E-state index contributed by atoms with van der Waals surface area (Å²) in [5.41, 5.74) is 5.63. The van der Waals surface area contributed by atoms with Gasteiger partial charge in [0.2, 0.25) is 0 Å². The number of rotatable bonds is 8. The summed E-state index contributed by atoms with van der Waals surface area (Å²) in [5.74, 6) is -0.636. The van der Waals surface area contributed by atoms with E-state index in [0.717, 1.165) is 29.6 Å². The lowest BCUT2D eigenvalue weighted by molar-refractivity contribution is 0.0697. The van der Waals surface area contributed by atoms with Crippen molar-refractivity contribution in [3.8, 4) is 22.5 Å². The van der Waals surface area contributed by atoms with Crippen molar-refractivity contribution in [2.45, 2.75) is 13.1 Å². The van der Waals surface area contributed by atoms with Crippen LogP contribution in [0.25, 0.3) is 33.4 Å². The summed E-state index contributed by atoms with van der Waals surface area (Å²) in [6, 6.07) is 23.5. The highest BCUT2D eigenvalue weighted by Gasteiger charge is 2.23. The second-order valence-electron chi connectivity index (χ2n) is 9.86. The van der Waals surface area contributed by atoms with E-state index in [9.17, 15) is 19.7 Å². The molecule has 1 aliphatic heterocycles. The molecule has 195 valence electrons. The first kappa shape index (κ1) is 26.2. The molecule has 0 aromatic heterocycles. The molecule has 7 nitrogen and oxygen atoms in total. The van der Waals surface area contributed by atoms with E-state index in [-0.39, 0.29) is 11.0 Å². The van der Waals surface area contributed by atoms with E-state index in [1.54, 1.807) is 18.2 Å². The highest BCUT2D eigenvalue weighted by molar-refractivity contribution is 6.46. The molecule has 0 saturated heterocycles. The van der Waals surface area contributed by atoms with Crippen molar-refractivity contribution in [1.29, 1.82) is 0 Å². The Morgan fingerprint density at radius 1 is 0.872 bits per heavy atom. The molecule has 0 spiro atoms. The zero-order valence-corrected chi connectivity index (χ0v) is 22.0. The van der Waals surface area contributed by atoms with Crippen molar-refractivity contribution < 1.29 is 19.3 Å². The molecule has 39 heavy (non-hydrogen) atoms. The van der Waals surface area contributed by atoms with Crippen molar-refractivity contribution in [3.05, 3.63) is 106 Å². The van der Waals surface area contributed by atoms with Crippen LogP contribution in [0.4, 0.5) is 5.69 Å². The monoisotopic (exact) mass is 519 g/mol. The molecule has 3 aromatic rings. The van der Waals surface area contributed by atoms with Gasteiger partial charge in [0, 0.05) is 67.1 Å². The van der Waals surface area contributed by atoms with Crippen LogP contribution >= 0.6 is 0 Å². The third-order valence-electron chi connectivity index (χ3n) is 6.90. The van der Waals surface area contributed by atoms with Gasteiger partial charge >= 0.3 is 13.5 Å². The summed E-state index contributed by atoms with van der Waals surface area (Å²) in [7, 11) is 6.85. The highest BCUT2D eigenvalue weighted by atomic mass is 16.4. The van der Waals surface area contributed by atoms with Gasteiger partial charge in [-0.05, 0) is 47.9 Å². The molecular formula is C31H28BN2O5. The predicted molar refractivity (Wildman–Crippen MR) is 155 cm³/mol. The Morgan fingerprint density at radius 3 is 2.33 bits per heavy atom. The van der Waals surface area contributed by atoms with Gasteiger partial charge in [0.05, 0.1) is 5.56 Å².